The first-order valence-electron chi connectivity index (χ1n) is 11.4. The van der Waals surface area contributed by atoms with Gasteiger partial charge < -0.3 is 25.4 Å². The van der Waals surface area contributed by atoms with Crippen LogP contribution in [-0.2, 0) is 9.53 Å². The second-order valence-corrected chi connectivity index (χ2v) is 5.88. The summed E-state index contributed by atoms with van der Waals surface area (Å²) in [6, 6.07) is 12.1. The Bertz CT molecular complexity index is 1260. The highest BCUT2D eigenvalue weighted by molar-refractivity contribution is 5.99. The van der Waals surface area contributed by atoms with Crippen molar-refractivity contribution in [2.45, 2.75) is 0 Å². The van der Waals surface area contributed by atoms with Crippen LogP contribution in [0.5, 0.6) is 5.75 Å². The molecule has 3 rings (SSSR count). The molecule has 3 N–H and O–H groups in total. The molecule has 0 fully saturated rings. The van der Waals surface area contributed by atoms with E-state index in [1.54, 1.807) is 24.3 Å². The maximum absolute atomic E-state index is 14.5. The van der Waals surface area contributed by atoms with Crippen molar-refractivity contribution >= 4 is 34.7 Å². The maximum atomic E-state index is 14.5. The molecule has 0 unspecified atom stereocenters. The van der Waals surface area contributed by atoms with Crippen LogP contribution < -0.4 is 20.7 Å². The number of benzene rings is 2. The molecule has 0 atom stereocenters. The average Bonchev–Trinajstić information content (AvgIpc) is 2.83. The van der Waals surface area contributed by atoms with Crippen LogP contribution in [0.2, 0.25) is 0 Å². The smallest absolute Gasteiger partial charge is 0.247 e. The molecular weight excluding hydrogens is 401 g/mol. The van der Waals surface area contributed by atoms with E-state index in [4.69, 9.17) is 11.6 Å². The van der Waals surface area contributed by atoms with Crippen molar-refractivity contribution in [3.8, 4) is 5.75 Å². The number of amides is 1. The van der Waals surface area contributed by atoms with Crippen LogP contribution in [0.3, 0.4) is 0 Å². The number of hydrogen-bond acceptors (Lipinski definition) is 7. The number of carbonyl (C=O) groups excluding carboxylic acids is 1. The standard InChI is InChI=1S/C22H22FN5O3/c1-3-20(29)25-16-5-4-6-17(13-16)26-21-19(23)14-24-22(28-21)27-15-7-9-18(10-8-15)31-12-11-30-2/h3-10,13-14H,1,11-12H2,2H3,(H,25,29)(H2,24,26,27,28)/i11D2,12D2,14D. The van der Waals surface area contributed by atoms with E-state index < -0.39 is 31.0 Å². The first-order valence-corrected chi connectivity index (χ1v) is 8.90. The summed E-state index contributed by atoms with van der Waals surface area (Å²) in [6.45, 7) is -2.06. The molecule has 31 heavy (non-hydrogen) atoms. The number of anilines is 5. The fraction of sp³-hybridized carbons (Fsp3) is 0.136. The third kappa shape index (κ3) is 6.51. The molecule has 0 saturated carbocycles. The second kappa shape index (κ2) is 10.7. The summed E-state index contributed by atoms with van der Waals surface area (Å²) in [5.74, 6) is -1.75. The second-order valence-electron chi connectivity index (χ2n) is 5.88. The van der Waals surface area contributed by atoms with Crippen molar-refractivity contribution in [2.24, 2.45) is 0 Å². The summed E-state index contributed by atoms with van der Waals surface area (Å²) in [6.07, 6.45) is 0.446. The lowest BCUT2D eigenvalue weighted by Crippen LogP contribution is -2.07. The molecule has 0 aliphatic rings. The number of aromatic nitrogens is 2. The Morgan fingerprint density at radius 3 is 2.71 bits per heavy atom. The van der Waals surface area contributed by atoms with Gasteiger partial charge in [0.25, 0.3) is 0 Å². The number of methoxy groups -OCH3 is 1. The van der Waals surface area contributed by atoms with Crippen molar-refractivity contribution < 1.29 is 25.5 Å². The largest absolute Gasteiger partial charge is 0.491 e. The summed E-state index contributed by atoms with van der Waals surface area (Å²) in [4.78, 5) is 19.3. The van der Waals surface area contributed by atoms with Gasteiger partial charge in [0.2, 0.25) is 11.9 Å². The summed E-state index contributed by atoms with van der Waals surface area (Å²) < 4.78 is 62.5. The zero-order chi connectivity index (χ0) is 26.5. The van der Waals surface area contributed by atoms with E-state index >= 15 is 0 Å². The molecule has 8 nitrogen and oxygen atoms in total. The van der Waals surface area contributed by atoms with Gasteiger partial charge in [0.1, 0.15) is 12.3 Å². The van der Waals surface area contributed by atoms with Gasteiger partial charge in [-0.25, -0.2) is 9.37 Å². The number of rotatable bonds is 10. The summed E-state index contributed by atoms with van der Waals surface area (Å²) >= 11 is 0. The minimum atomic E-state index is -2.76. The zero-order valence-electron chi connectivity index (χ0n) is 21.4. The topological polar surface area (TPSA) is 97.4 Å². The quantitative estimate of drug-likeness (QED) is 0.415. The Morgan fingerprint density at radius 2 is 1.97 bits per heavy atom. The van der Waals surface area contributed by atoms with Gasteiger partial charge in [-0.1, -0.05) is 12.6 Å². The molecule has 0 bridgehead atoms. The number of hydrogen-bond donors (Lipinski definition) is 3. The zero-order valence-corrected chi connectivity index (χ0v) is 16.4. The highest BCUT2D eigenvalue weighted by atomic mass is 19.1. The van der Waals surface area contributed by atoms with Crippen LogP contribution in [0.15, 0.2) is 67.4 Å². The first kappa shape index (κ1) is 15.8. The SMILES string of the molecule is [2H]c1nc(Nc2ccc(OC([2H])([2H])C([2H])([2H])OC)cc2)nc(Nc2cccc(NC(=O)C=C)c2)c1F. The lowest BCUT2D eigenvalue weighted by atomic mass is 10.2. The fourth-order valence-corrected chi connectivity index (χ4v) is 2.34. The molecular formula is C22H22FN5O3. The fourth-order valence-electron chi connectivity index (χ4n) is 2.34. The molecule has 1 amide bonds. The van der Waals surface area contributed by atoms with Crippen LogP contribution in [0, 0.1) is 5.82 Å². The number of ether oxygens (including phenoxy) is 2. The van der Waals surface area contributed by atoms with Gasteiger partial charge in [0, 0.05) is 24.2 Å². The predicted molar refractivity (Wildman–Crippen MR) is 118 cm³/mol. The minimum Gasteiger partial charge on any atom is -0.491 e. The average molecular weight is 428 g/mol. The monoisotopic (exact) mass is 428 g/mol. The molecule has 160 valence electrons. The Balaban J connectivity index is 1.76. The van der Waals surface area contributed by atoms with Crippen molar-refractivity contribution in [1.82, 2.24) is 9.97 Å². The lowest BCUT2D eigenvalue weighted by Gasteiger charge is -2.11. The molecule has 1 heterocycles. The van der Waals surface area contributed by atoms with E-state index in [9.17, 15) is 9.18 Å². The van der Waals surface area contributed by atoms with E-state index in [1.807, 2.05) is 0 Å². The third-order valence-corrected chi connectivity index (χ3v) is 3.69. The van der Waals surface area contributed by atoms with Gasteiger partial charge in [-0.3, -0.25) is 4.79 Å². The first-order chi connectivity index (χ1) is 16.9. The van der Waals surface area contributed by atoms with E-state index in [0.29, 0.717) is 17.1 Å². The van der Waals surface area contributed by atoms with Gasteiger partial charge in [0.05, 0.1) is 19.6 Å². The molecule has 1 aromatic heterocycles. The van der Waals surface area contributed by atoms with Gasteiger partial charge in [-0.15, -0.1) is 0 Å². The van der Waals surface area contributed by atoms with Crippen LogP contribution in [0.25, 0.3) is 0 Å². The van der Waals surface area contributed by atoms with E-state index in [-0.39, 0.29) is 17.5 Å². The van der Waals surface area contributed by atoms with Crippen LogP contribution in [-0.4, -0.2) is 36.1 Å². The van der Waals surface area contributed by atoms with Gasteiger partial charge in [0.15, 0.2) is 11.6 Å². The Morgan fingerprint density at radius 1 is 1.19 bits per heavy atom. The molecule has 0 radical (unpaired) electrons. The van der Waals surface area contributed by atoms with Crippen LogP contribution in [0.1, 0.15) is 6.85 Å². The van der Waals surface area contributed by atoms with Gasteiger partial charge >= 0.3 is 0 Å². The third-order valence-electron chi connectivity index (χ3n) is 3.69. The number of carbonyl (C=O) groups is 1. The van der Waals surface area contributed by atoms with E-state index in [2.05, 4.69) is 37.2 Å². The molecule has 2 aromatic carbocycles. The van der Waals surface area contributed by atoms with E-state index in [0.717, 1.165) is 13.2 Å². The normalized spacial score (nSPS) is 13.5. The van der Waals surface area contributed by atoms with Crippen LogP contribution in [0.4, 0.5) is 33.2 Å². The molecule has 9 heteroatoms. The summed E-state index contributed by atoms with van der Waals surface area (Å²) in [5.41, 5.74) is 1.24. The summed E-state index contributed by atoms with van der Waals surface area (Å²) in [5, 5.41) is 8.15. The Labute approximate surface area is 186 Å². The number of nitrogens with zero attached hydrogens (tertiary/aromatic N) is 2. The number of nitrogens with one attached hydrogen (secondary N) is 3. The Hall–Kier alpha value is -3.98. The molecule has 0 saturated heterocycles. The molecule has 3 aromatic rings. The van der Waals surface area contributed by atoms with Crippen molar-refractivity contribution in [3.05, 3.63) is 73.2 Å². The van der Waals surface area contributed by atoms with Crippen molar-refractivity contribution in [1.29, 1.82) is 0 Å². The minimum absolute atomic E-state index is 0.0264. The van der Waals surface area contributed by atoms with Crippen LogP contribution >= 0.6 is 0 Å². The molecule has 0 aliphatic heterocycles. The van der Waals surface area contributed by atoms with E-state index in [1.165, 1.54) is 24.3 Å². The van der Waals surface area contributed by atoms with Gasteiger partial charge in [-0.05, 0) is 48.5 Å². The number of halogens is 1. The summed E-state index contributed by atoms with van der Waals surface area (Å²) in [7, 11) is 1.03. The van der Waals surface area contributed by atoms with Crippen molar-refractivity contribution in [2.75, 3.05) is 36.2 Å². The predicted octanol–water partition coefficient (Wildman–Crippen LogP) is 4.25. The molecule has 0 aliphatic carbocycles. The highest BCUT2D eigenvalue weighted by Gasteiger charge is 2.09. The van der Waals surface area contributed by atoms with Crippen molar-refractivity contribution in [3.63, 3.8) is 0 Å². The molecule has 0 spiro atoms. The Kier molecular flexibility index (Phi) is 5.45. The lowest BCUT2D eigenvalue weighted by molar-refractivity contribution is -0.111. The highest BCUT2D eigenvalue weighted by Crippen LogP contribution is 2.23. The van der Waals surface area contributed by atoms with Gasteiger partial charge in [-0.2, -0.15) is 4.98 Å². The maximum Gasteiger partial charge on any atom is 0.247 e.